The van der Waals surface area contributed by atoms with Crippen molar-refractivity contribution in [3.8, 4) is 0 Å². The average Bonchev–Trinajstić information content (AvgIpc) is 2.53. The highest BCUT2D eigenvalue weighted by Crippen LogP contribution is 2.20. The number of carbonyl (C=O) groups excluding carboxylic acids is 1. The summed E-state index contributed by atoms with van der Waals surface area (Å²) in [4.78, 5) is 14.2. The second kappa shape index (κ2) is 6.89. The minimum atomic E-state index is 0.351. The third-order valence-electron chi connectivity index (χ3n) is 3.60. The normalized spacial score (nSPS) is 19.6. The van der Waals surface area contributed by atoms with Crippen molar-refractivity contribution in [2.24, 2.45) is 11.8 Å². The number of nitrogens with one attached hydrogen (secondary N) is 1. The first-order valence-electron chi connectivity index (χ1n) is 6.63. The smallest absolute Gasteiger partial charge is 0.222 e. The largest absolute Gasteiger partial charge is 0.341 e. The summed E-state index contributed by atoms with van der Waals surface area (Å²) in [6.07, 6.45) is 2.92. The molecule has 0 aliphatic carbocycles. The molecule has 94 valence electrons. The maximum absolute atomic E-state index is 12.1. The molecule has 0 aromatic carbocycles. The van der Waals surface area contributed by atoms with E-state index in [1.54, 1.807) is 0 Å². The third kappa shape index (κ3) is 4.12. The number of hydrogen-bond donors (Lipinski definition) is 1. The summed E-state index contributed by atoms with van der Waals surface area (Å²) in [5, 5.41) is 3.33. The molecule has 1 unspecified atom stereocenters. The Morgan fingerprint density at radius 1 is 1.31 bits per heavy atom. The van der Waals surface area contributed by atoms with Gasteiger partial charge in [0.05, 0.1) is 0 Å². The molecule has 1 aliphatic rings. The summed E-state index contributed by atoms with van der Waals surface area (Å²) in [7, 11) is 0. The van der Waals surface area contributed by atoms with Crippen LogP contribution >= 0.6 is 0 Å². The van der Waals surface area contributed by atoms with E-state index < -0.39 is 0 Å². The van der Waals surface area contributed by atoms with Crippen molar-refractivity contribution in [1.29, 1.82) is 0 Å². The Morgan fingerprint density at radius 3 is 2.69 bits per heavy atom. The van der Waals surface area contributed by atoms with Gasteiger partial charge in [-0.25, -0.2) is 0 Å². The molecule has 0 aromatic rings. The van der Waals surface area contributed by atoms with Crippen LogP contribution in [0.5, 0.6) is 0 Å². The highest BCUT2D eigenvalue weighted by Gasteiger charge is 2.20. The first kappa shape index (κ1) is 13.5. The van der Waals surface area contributed by atoms with Gasteiger partial charge in [-0.15, -0.1) is 0 Å². The lowest BCUT2D eigenvalue weighted by Crippen LogP contribution is -2.35. The van der Waals surface area contributed by atoms with Crippen molar-refractivity contribution < 1.29 is 4.79 Å². The molecular weight excluding hydrogens is 200 g/mol. The van der Waals surface area contributed by atoms with Gasteiger partial charge in [0.25, 0.3) is 0 Å². The van der Waals surface area contributed by atoms with E-state index in [2.05, 4.69) is 26.1 Å². The van der Waals surface area contributed by atoms with E-state index in [4.69, 9.17) is 0 Å². The first-order chi connectivity index (χ1) is 7.65. The molecule has 0 bridgehead atoms. The van der Waals surface area contributed by atoms with Crippen LogP contribution in [0, 0.1) is 11.8 Å². The third-order valence-corrected chi connectivity index (χ3v) is 3.60. The molecule has 1 N–H and O–H groups in total. The van der Waals surface area contributed by atoms with Crippen LogP contribution in [0.2, 0.25) is 0 Å². The zero-order chi connectivity index (χ0) is 12.0. The van der Waals surface area contributed by atoms with E-state index in [0.717, 1.165) is 45.4 Å². The topological polar surface area (TPSA) is 32.3 Å². The van der Waals surface area contributed by atoms with Gasteiger partial charge in [-0.2, -0.15) is 0 Å². The van der Waals surface area contributed by atoms with Crippen LogP contribution in [-0.4, -0.2) is 37.0 Å². The van der Waals surface area contributed by atoms with Gasteiger partial charge in [0.1, 0.15) is 0 Å². The quantitative estimate of drug-likeness (QED) is 0.794. The molecule has 3 nitrogen and oxygen atoms in total. The molecule has 0 aromatic heterocycles. The minimum absolute atomic E-state index is 0.351. The summed E-state index contributed by atoms with van der Waals surface area (Å²) in [6, 6.07) is 0. The van der Waals surface area contributed by atoms with Crippen molar-refractivity contribution in [2.75, 3.05) is 26.2 Å². The second-order valence-corrected chi connectivity index (χ2v) is 5.10. The predicted octanol–water partition coefficient (Wildman–Crippen LogP) is 1.88. The van der Waals surface area contributed by atoms with Crippen LogP contribution < -0.4 is 5.32 Å². The Kier molecular flexibility index (Phi) is 5.81. The van der Waals surface area contributed by atoms with E-state index >= 15 is 0 Å². The Hall–Kier alpha value is -0.570. The maximum atomic E-state index is 12.1. The lowest BCUT2D eigenvalue weighted by atomic mass is 9.89. The zero-order valence-corrected chi connectivity index (χ0v) is 11.0. The number of nitrogens with zero attached hydrogens (tertiary/aromatic N) is 1. The molecule has 0 radical (unpaired) electrons. The monoisotopic (exact) mass is 226 g/mol. The molecule has 1 rings (SSSR count). The van der Waals surface area contributed by atoms with Gasteiger partial charge in [-0.1, -0.05) is 27.2 Å². The summed E-state index contributed by atoms with van der Waals surface area (Å²) in [5.74, 6) is 1.51. The Morgan fingerprint density at radius 2 is 2.06 bits per heavy atom. The van der Waals surface area contributed by atoms with Crippen molar-refractivity contribution in [3.63, 3.8) is 0 Å². The van der Waals surface area contributed by atoms with Crippen molar-refractivity contribution in [2.45, 2.75) is 40.0 Å². The molecule has 1 heterocycles. The molecule has 1 amide bonds. The SMILES string of the molecule is CCC(CC(=O)N1CCCNCC1)C(C)C. The Bertz CT molecular complexity index is 208. The summed E-state index contributed by atoms with van der Waals surface area (Å²) in [5.41, 5.74) is 0. The van der Waals surface area contributed by atoms with Gasteiger partial charge < -0.3 is 10.2 Å². The van der Waals surface area contributed by atoms with Gasteiger partial charge in [0, 0.05) is 26.1 Å². The van der Waals surface area contributed by atoms with Crippen LogP contribution in [0.1, 0.15) is 40.0 Å². The van der Waals surface area contributed by atoms with Gasteiger partial charge >= 0.3 is 0 Å². The molecule has 1 fully saturated rings. The maximum Gasteiger partial charge on any atom is 0.222 e. The highest BCUT2D eigenvalue weighted by atomic mass is 16.2. The molecule has 16 heavy (non-hydrogen) atoms. The fourth-order valence-corrected chi connectivity index (χ4v) is 2.30. The standard InChI is InChI=1S/C13H26N2O/c1-4-12(11(2)3)10-13(16)15-8-5-6-14-7-9-15/h11-12,14H,4-10H2,1-3H3. The average molecular weight is 226 g/mol. The molecular formula is C13H26N2O. The second-order valence-electron chi connectivity index (χ2n) is 5.10. The summed E-state index contributed by atoms with van der Waals surface area (Å²) >= 11 is 0. The van der Waals surface area contributed by atoms with E-state index in [1.165, 1.54) is 0 Å². The van der Waals surface area contributed by atoms with Gasteiger partial charge in [0.15, 0.2) is 0 Å². The molecule has 0 saturated carbocycles. The summed E-state index contributed by atoms with van der Waals surface area (Å²) < 4.78 is 0. The van der Waals surface area contributed by atoms with Crippen LogP contribution in [0.15, 0.2) is 0 Å². The fourth-order valence-electron chi connectivity index (χ4n) is 2.30. The van der Waals surface area contributed by atoms with Gasteiger partial charge in [-0.3, -0.25) is 4.79 Å². The van der Waals surface area contributed by atoms with Crippen LogP contribution in [0.25, 0.3) is 0 Å². The van der Waals surface area contributed by atoms with E-state index in [9.17, 15) is 4.79 Å². The Labute approximate surface area is 99.6 Å². The molecule has 0 spiro atoms. The van der Waals surface area contributed by atoms with Crippen LogP contribution in [0.4, 0.5) is 0 Å². The van der Waals surface area contributed by atoms with Gasteiger partial charge in [0.2, 0.25) is 5.91 Å². The number of hydrogen-bond acceptors (Lipinski definition) is 2. The first-order valence-corrected chi connectivity index (χ1v) is 6.63. The molecule has 1 atom stereocenters. The predicted molar refractivity (Wildman–Crippen MR) is 67.3 cm³/mol. The molecule has 1 aliphatic heterocycles. The van der Waals surface area contributed by atoms with Crippen molar-refractivity contribution in [1.82, 2.24) is 10.2 Å². The van der Waals surface area contributed by atoms with Crippen LogP contribution in [0.3, 0.4) is 0 Å². The summed E-state index contributed by atoms with van der Waals surface area (Å²) in [6.45, 7) is 10.4. The van der Waals surface area contributed by atoms with Crippen molar-refractivity contribution >= 4 is 5.91 Å². The van der Waals surface area contributed by atoms with Crippen molar-refractivity contribution in [3.05, 3.63) is 0 Å². The number of rotatable bonds is 4. The lowest BCUT2D eigenvalue weighted by Gasteiger charge is -2.24. The van der Waals surface area contributed by atoms with E-state index in [-0.39, 0.29) is 0 Å². The molecule has 3 heteroatoms. The Balaban J connectivity index is 2.42. The van der Waals surface area contributed by atoms with Crippen LogP contribution in [-0.2, 0) is 4.79 Å². The highest BCUT2D eigenvalue weighted by molar-refractivity contribution is 5.76. The fraction of sp³-hybridized carbons (Fsp3) is 0.923. The minimum Gasteiger partial charge on any atom is -0.341 e. The number of carbonyl (C=O) groups is 1. The lowest BCUT2D eigenvalue weighted by molar-refractivity contribution is -0.132. The van der Waals surface area contributed by atoms with E-state index in [1.807, 2.05) is 4.90 Å². The zero-order valence-electron chi connectivity index (χ0n) is 11.0. The number of amides is 1. The molecule has 1 saturated heterocycles. The van der Waals surface area contributed by atoms with E-state index in [0.29, 0.717) is 17.7 Å². The van der Waals surface area contributed by atoms with Gasteiger partial charge in [-0.05, 0) is 24.8 Å².